The molecule has 4 nitrogen and oxygen atoms in total. The van der Waals surface area contributed by atoms with Crippen molar-refractivity contribution < 1.29 is 0 Å². The van der Waals surface area contributed by atoms with Crippen LogP contribution >= 0.6 is 0 Å². The normalized spacial score (nSPS) is 9.33. The standard InChI is InChI=1S/C8H9N3O/c1-7-5-8(12)11(6-10-7)4-2-3-9/h5-6H,2,4H2,1H3. The van der Waals surface area contributed by atoms with Crippen molar-refractivity contribution in [2.45, 2.75) is 19.9 Å². The number of nitrogens with zero attached hydrogens (tertiary/aromatic N) is 3. The highest BCUT2D eigenvalue weighted by Gasteiger charge is 1.94. The number of nitriles is 1. The molecular weight excluding hydrogens is 154 g/mol. The summed E-state index contributed by atoms with van der Waals surface area (Å²) in [5.74, 6) is 0. The molecule has 0 aliphatic heterocycles. The molecule has 0 atom stereocenters. The van der Waals surface area contributed by atoms with Crippen LogP contribution in [0.5, 0.6) is 0 Å². The van der Waals surface area contributed by atoms with E-state index in [0.717, 1.165) is 0 Å². The number of rotatable bonds is 2. The first kappa shape index (κ1) is 8.47. The molecule has 0 aliphatic rings. The van der Waals surface area contributed by atoms with Crippen molar-refractivity contribution in [1.82, 2.24) is 9.55 Å². The van der Waals surface area contributed by atoms with Crippen LogP contribution in [0.1, 0.15) is 12.1 Å². The van der Waals surface area contributed by atoms with Gasteiger partial charge in [-0.05, 0) is 6.92 Å². The Hall–Kier alpha value is -1.63. The van der Waals surface area contributed by atoms with Gasteiger partial charge in [-0.3, -0.25) is 9.36 Å². The minimum Gasteiger partial charge on any atom is -0.298 e. The van der Waals surface area contributed by atoms with Gasteiger partial charge in [0.05, 0.1) is 18.8 Å². The van der Waals surface area contributed by atoms with Crippen LogP contribution in [0.25, 0.3) is 0 Å². The quantitative estimate of drug-likeness (QED) is 0.636. The van der Waals surface area contributed by atoms with Gasteiger partial charge >= 0.3 is 0 Å². The second-order valence-corrected chi connectivity index (χ2v) is 2.47. The molecule has 62 valence electrons. The third-order valence-electron chi connectivity index (χ3n) is 1.48. The van der Waals surface area contributed by atoms with E-state index in [1.807, 2.05) is 6.07 Å². The van der Waals surface area contributed by atoms with Crippen molar-refractivity contribution in [3.05, 3.63) is 28.4 Å². The van der Waals surface area contributed by atoms with Crippen LogP contribution in [-0.2, 0) is 6.54 Å². The van der Waals surface area contributed by atoms with Crippen LogP contribution in [0.2, 0.25) is 0 Å². The molecule has 0 aromatic carbocycles. The third kappa shape index (κ3) is 1.92. The molecular formula is C8H9N3O. The van der Waals surface area contributed by atoms with Gasteiger partial charge in [0.25, 0.3) is 5.56 Å². The molecule has 1 aromatic heterocycles. The highest BCUT2D eigenvalue weighted by atomic mass is 16.1. The van der Waals surface area contributed by atoms with Crippen molar-refractivity contribution in [3.8, 4) is 6.07 Å². The summed E-state index contributed by atoms with van der Waals surface area (Å²) < 4.78 is 1.43. The molecule has 1 rings (SSSR count). The Morgan fingerprint density at radius 2 is 2.50 bits per heavy atom. The molecule has 0 spiro atoms. The zero-order valence-corrected chi connectivity index (χ0v) is 6.82. The zero-order valence-electron chi connectivity index (χ0n) is 6.82. The molecule has 0 aliphatic carbocycles. The van der Waals surface area contributed by atoms with Gasteiger partial charge in [0.2, 0.25) is 0 Å². The fourth-order valence-electron chi connectivity index (χ4n) is 0.855. The molecule has 4 heteroatoms. The predicted molar refractivity (Wildman–Crippen MR) is 43.5 cm³/mol. The molecule has 0 saturated carbocycles. The van der Waals surface area contributed by atoms with E-state index in [4.69, 9.17) is 5.26 Å². The second-order valence-electron chi connectivity index (χ2n) is 2.47. The average molecular weight is 163 g/mol. The topological polar surface area (TPSA) is 58.7 Å². The van der Waals surface area contributed by atoms with Gasteiger partial charge < -0.3 is 0 Å². The summed E-state index contributed by atoms with van der Waals surface area (Å²) in [5, 5.41) is 8.29. The molecule has 0 fully saturated rings. The van der Waals surface area contributed by atoms with Gasteiger partial charge in [0, 0.05) is 18.3 Å². The molecule has 12 heavy (non-hydrogen) atoms. The Morgan fingerprint density at radius 1 is 1.75 bits per heavy atom. The Morgan fingerprint density at radius 3 is 3.08 bits per heavy atom. The molecule has 1 aromatic rings. The predicted octanol–water partition coefficient (Wildman–Crippen LogP) is 0.465. The van der Waals surface area contributed by atoms with Crippen molar-refractivity contribution in [2.24, 2.45) is 0 Å². The highest BCUT2D eigenvalue weighted by Crippen LogP contribution is 1.86. The Kier molecular flexibility index (Phi) is 2.59. The lowest BCUT2D eigenvalue weighted by Crippen LogP contribution is -2.19. The molecule has 0 amide bonds. The maximum absolute atomic E-state index is 11.2. The van der Waals surface area contributed by atoms with Crippen molar-refractivity contribution in [2.75, 3.05) is 0 Å². The number of aromatic nitrogens is 2. The van der Waals surface area contributed by atoms with E-state index in [2.05, 4.69) is 4.98 Å². The fourth-order valence-corrected chi connectivity index (χ4v) is 0.855. The summed E-state index contributed by atoms with van der Waals surface area (Å²) in [6, 6.07) is 3.43. The number of aryl methyl sites for hydroxylation is 2. The van der Waals surface area contributed by atoms with Crippen LogP contribution in [0.4, 0.5) is 0 Å². The minimum absolute atomic E-state index is 0.0993. The molecule has 0 bridgehead atoms. The van der Waals surface area contributed by atoms with Crippen LogP contribution in [0.3, 0.4) is 0 Å². The molecule has 0 unspecified atom stereocenters. The Bertz CT molecular complexity index is 361. The Labute approximate surface area is 70.1 Å². The second kappa shape index (κ2) is 3.67. The maximum atomic E-state index is 11.2. The maximum Gasteiger partial charge on any atom is 0.253 e. The third-order valence-corrected chi connectivity index (χ3v) is 1.48. The lowest BCUT2D eigenvalue weighted by molar-refractivity contribution is 0.666. The van der Waals surface area contributed by atoms with Gasteiger partial charge in [-0.25, -0.2) is 4.98 Å². The highest BCUT2D eigenvalue weighted by molar-refractivity contribution is 4.96. The van der Waals surface area contributed by atoms with Gasteiger partial charge in [0.1, 0.15) is 0 Å². The summed E-state index contributed by atoms with van der Waals surface area (Å²) in [5.41, 5.74) is 0.603. The molecule has 0 saturated heterocycles. The smallest absolute Gasteiger partial charge is 0.253 e. The van der Waals surface area contributed by atoms with Crippen molar-refractivity contribution in [1.29, 1.82) is 5.26 Å². The summed E-state index contributed by atoms with van der Waals surface area (Å²) in [6.45, 7) is 2.18. The van der Waals surface area contributed by atoms with Gasteiger partial charge in [0.15, 0.2) is 0 Å². The van der Waals surface area contributed by atoms with E-state index in [-0.39, 0.29) is 5.56 Å². The lowest BCUT2D eigenvalue weighted by Gasteiger charge is -2.00. The van der Waals surface area contributed by atoms with E-state index in [9.17, 15) is 4.79 Å². The molecule has 0 radical (unpaired) electrons. The number of hydrogen-bond acceptors (Lipinski definition) is 3. The van der Waals surface area contributed by atoms with Crippen LogP contribution in [0, 0.1) is 18.3 Å². The summed E-state index contributed by atoms with van der Waals surface area (Å²) >= 11 is 0. The van der Waals surface area contributed by atoms with E-state index >= 15 is 0 Å². The van der Waals surface area contributed by atoms with E-state index < -0.39 is 0 Å². The van der Waals surface area contributed by atoms with Crippen LogP contribution in [-0.4, -0.2) is 9.55 Å². The monoisotopic (exact) mass is 163 g/mol. The first-order chi connectivity index (χ1) is 5.74. The van der Waals surface area contributed by atoms with Gasteiger partial charge in [-0.2, -0.15) is 5.26 Å². The SMILES string of the molecule is Cc1cc(=O)n(CCC#N)cn1. The molecule has 1 heterocycles. The van der Waals surface area contributed by atoms with Crippen molar-refractivity contribution >= 4 is 0 Å². The Balaban J connectivity index is 2.89. The first-order valence-corrected chi connectivity index (χ1v) is 3.64. The van der Waals surface area contributed by atoms with E-state index in [0.29, 0.717) is 18.7 Å². The van der Waals surface area contributed by atoms with E-state index in [1.165, 1.54) is 17.0 Å². The minimum atomic E-state index is -0.0993. The lowest BCUT2D eigenvalue weighted by atomic mass is 10.4. The van der Waals surface area contributed by atoms with Gasteiger partial charge in [-0.1, -0.05) is 0 Å². The number of hydrogen-bond donors (Lipinski definition) is 0. The summed E-state index contributed by atoms with van der Waals surface area (Å²) in [7, 11) is 0. The fraction of sp³-hybridized carbons (Fsp3) is 0.375. The zero-order chi connectivity index (χ0) is 8.97. The summed E-state index contributed by atoms with van der Waals surface area (Å²) in [4.78, 5) is 15.1. The summed E-state index contributed by atoms with van der Waals surface area (Å²) in [6.07, 6.45) is 1.81. The van der Waals surface area contributed by atoms with Gasteiger partial charge in [-0.15, -0.1) is 0 Å². The van der Waals surface area contributed by atoms with Crippen molar-refractivity contribution in [3.63, 3.8) is 0 Å². The average Bonchev–Trinajstić information content (AvgIpc) is 2.03. The largest absolute Gasteiger partial charge is 0.298 e. The van der Waals surface area contributed by atoms with Crippen LogP contribution in [0.15, 0.2) is 17.2 Å². The van der Waals surface area contributed by atoms with Crippen LogP contribution < -0.4 is 5.56 Å². The molecule has 0 N–H and O–H groups in total. The van der Waals surface area contributed by atoms with E-state index in [1.54, 1.807) is 6.92 Å². The first-order valence-electron chi connectivity index (χ1n) is 3.64.